The first-order chi connectivity index (χ1) is 6.13. The molecule has 3 heteroatoms. The zero-order valence-corrected chi connectivity index (χ0v) is 8.30. The number of ether oxygens (including phenoxy) is 1. The molecule has 0 amide bonds. The highest BCUT2D eigenvalue weighted by atomic mass is 35.5. The molecular formula is C10H10ClNO. The van der Waals surface area contributed by atoms with Gasteiger partial charge in [0.2, 0.25) is 0 Å². The van der Waals surface area contributed by atoms with Gasteiger partial charge in [0.1, 0.15) is 5.75 Å². The van der Waals surface area contributed by atoms with Crippen LogP contribution >= 0.6 is 11.6 Å². The van der Waals surface area contributed by atoms with Crippen molar-refractivity contribution in [2.24, 2.45) is 0 Å². The van der Waals surface area contributed by atoms with Crippen molar-refractivity contribution >= 4 is 11.6 Å². The molecule has 0 aromatic heterocycles. The second-order valence-corrected chi connectivity index (χ2v) is 3.33. The van der Waals surface area contributed by atoms with E-state index in [1.54, 1.807) is 18.2 Å². The van der Waals surface area contributed by atoms with Gasteiger partial charge >= 0.3 is 0 Å². The van der Waals surface area contributed by atoms with Crippen LogP contribution in [0.2, 0.25) is 5.02 Å². The van der Waals surface area contributed by atoms with Crippen molar-refractivity contribution in [2.75, 3.05) is 0 Å². The van der Waals surface area contributed by atoms with Crippen LogP contribution in [0.1, 0.15) is 19.4 Å². The van der Waals surface area contributed by atoms with E-state index in [0.717, 1.165) is 0 Å². The maximum Gasteiger partial charge on any atom is 0.138 e. The molecule has 0 spiro atoms. The fourth-order valence-corrected chi connectivity index (χ4v) is 1.14. The van der Waals surface area contributed by atoms with Gasteiger partial charge < -0.3 is 4.74 Å². The fourth-order valence-electron chi connectivity index (χ4n) is 0.920. The minimum absolute atomic E-state index is 0.0884. The summed E-state index contributed by atoms with van der Waals surface area (Å²) in [5.41, 5.74) is 0.543. The van der Waals surface area contributed by atoms with E-state index in [1.807, 2.05) is 19.9 Å². The number of halogens is 1. The average molecular weight is 196 g/mol. The summed E-state index contributed by atoms with van der Waals surface area (Å²) in [5, 5.41) is 9.06. The largest absolute Gasteiger partial charge is 0.489 e. The lowest BCUT2D eigenvalue weighted by atomic mass is 10.2. The number of nitriles is 1. The molecule has 0 heterocycles. The Morgan fingerprint density at radius 1 is 1.46 bits per heavy atom. The highest BCUT2D eigenvalue weighted by Gasteiger charge is 2.04. The lowest BCUT2D eigenvalue weighted by molar-refractivity contribution is 0.242. The third-order valence-electron chi connectivity index (χ3n) is 1.42. The van der Waals surface area contributed by atoms with Crippen molar-refractivity contribution in [3.63, 3.8) is 0 Å². The molecule has 2 nitrogen and oxygen atoms in total. The van der Waals surface area contributed by atoms with Gasteiger partial charge in [-0.05, 0) is 32.0 Å². The number of rotatable bonds is 2. The quantitative estimate of drug-likeness (QED) is 0.727. The first-order valence-corrected chi connectivity index (χ1v) is 4.37. The first kappa shape index (κ1) is 9.88. The molecule has 0 unspecified atom stereocenters. The summed E-state index contributed by atoms with van der Waals surface area (Å²) in [7, 11) is 0. The second-order valence-electron chi connectivity index (χ2n) is 2.92. The second kappa shape index (κ2) is 4.15. The monoisotopic (exact) mass is 195 g/mol. The number of nitrogens with zero attached hydrogens (tertiary/aromatic N) is 1. The Hall–Kier alpha value is -1.20. The van der Waals surface area contributed by atoms with E-state index in [1.165, 1.54) is 0 Å². The molecular weight excluding hydrogens is 186 g/mol. The van der Waals surface area contributed by atoms with Crippen LogP contribution in [-0.2, 0) is 0 Å². The Labute approximate surface area is 82.7 Å². The molecule has 0 aliphatic rings. The van der Waals surface area contributed by atoms with E-state index in [4.69, 9.17) is 21.6 Å². The molecule has 0 aliphatic heterocycles. The van der Waals surface area contributed by atoms with E-state index in [0.29, 0.717) is 16.3 Å². The van der Waals surface area contributed by atoms with E-state index >= 15 is 0 Å². The first-order valence-electron chi connectivity index (χ1n) is 4.00. The van der Waals surface area contributed by atoms with E-state index in [-0.39, 0.29) is 6.10 Å². The highest BCUT2D eigenvalue weighted by molar-refractivity contribution is 6.32. The third kappa shape index (κ3) is 2.64. The smallest absolute Gasteiger partial charge is 0.138 e. The van der Waals surface area contributed by atoms with Crippen molar-refractivity contribution in [3.8, 4) is 11.8 Å². The van der Waals surface area contributed by atoms with Gasteiger partial charge in [0, 0.05) is 0 Å². The standard InChI is InChI=1S/C10H10ClNO/c1-7(2)13-10-4-3-8(6-12)5-9(10)11/h3-5,7H,1-2H3. The molecule has 1 aromatic rings. The van der Waals surface area contributed by atoms with Gasteiger partial charge in [-0.3, -0.25) is 0 Å². The molecule has 0 fully saturated rings. The van der Waals surface area contributed by atoms with Crippen molar-refractivity contribution in [2.45, 2.75) is 20.0 Å². The van der Waals surface area contributed by atoms with Crippen LogP contribution in [0.15, 0.2) is 18.2 Å². The predicted octanol–water partition coefficient (Wildman–Crippen LogP) is 3.00. The normalized spacial score (nSPS) is 9.77. The summed E-state index contributed by atoms with van der Waals surface area (Å²) in [4.78, 5) is 0. The molecule has 0 bridgehead atoms. The maximum absolute atomic E-state index is 8.59. The SMILES string of the molecule is CC(C)Oc1ccc(C#N)cc1Cl. The Bertz CT molecular complexity index is 341. The van der Waals surface area contributed by atoms with Crippen LogP contribution in [0.4, 0.5) is 0 Å². The third-order valence-corrected chi connectivity index (χ3v) is 1.72. The highest BCUT2D eigenvalue weighted by Crippen LogP contribution is 2.25. The molecule has 1 rings (SSSR count). The minimum atomic E-state index is 0.0884. The van der Waals surface area contributed by atoms with Gasteiger partial charge in [0.15, 0.2) is 0 Å². The Kier molecular flexibility index (Phi) is 3.16. The van der Waals surface area contributed by atoms with Crippen LogP contribution in [0, 0.1) is 11.3 Å². The van der Waals surface area contributed by atoms with E-state index < -0.39 is 0 Å². The zero-order chi connectivity index (χ0) is 9.84. The molecule has 0 N–H and O–H groups in total. The van der Waals surface area contributed by atoms with Crippen LogP contribution in [-0.4, -0.2) is 6.10 Å². The van der Waals surface area contributed by atoms with Crippen LogP contribution < -0.4 is 4.74 Å². The molecule has 0 aliphatic carbocycles. The van der Waals surface area contributed by atoms with Crippen LogP contribution in [0.3, 0.4) is 0 Å². The zero-order valence-electron chi connectivity index (χ0n) is 7.54. The molecule has 13 heavy (non-hydrogen) atoms. The predicted molar refractivity (Wildman–Crippen MR) is 51.9 cm³/mol. The van der Waals surface area contributed by atoms with Crippen LogP contribution in [0.25, 0.3) is 0 Å². The van der Waals surface area contributed by atoms with Crippen molar-refractivity contribution < 1.29 is 4.74 Å². The van der Waals surface area contributed by atoms with Gasteiger partial charge in [-0.15, -0.1) is 0 Å². The topological polar surface area (TPSA) is 33.0 Å². The van der Waals surface area contributed by atoms with Crippen molar-refractivity contribution in [1.29, 1.82) is 5.26 Å². The summed E-state index contributed by atoms with van der Waals surface area (Å²) in [6.07, 6.45) is 0.0884. The molecule has 68 valence electrons. The summed E-state index contributed by atoms with van der Waals surface area (Å²) in [6.45, 7) is 3.85. The van der Waals surface area contributed by atoms with Gasteiger partial charge in [-0.25, -0.2) is 0 Å². The Balaban J connectivity index is 2.93. The lowest BCUT2D eigenvalue weighted by Crippen LogP contribution is -2.05. The van der Waals surface area contributed by atoms with E-state index in [9.17, 15) is 0 Å². The fraction of sp³-hybridized carbons (Fsp3) is 0.300. The molecule has 0 atom stereocenters. The van der Waals surface area contributed by atoms with Crippen LogP contribution in [0.5, 0.6) is 5.75 Å². The number of hydrogen-bond acceptors (Lipinski definition) is 2. The van der Waals surface area contributed by atoms with Gasteiger partial charge in [0.05, 0.1) is 22.8 Å². The number of benzene rings is 1. The van der Waals surface area contributed by atoms with Gasteiger partial charge in [-0.1, -0.05) is 11.6 Å². The molecule has 0 saturated carbocycles. The van der Waals surface area contributed by atoms with Crippen molar-refractivity contribution in [3.05, 3.63) is 28.8 Å². The van der Waals surface area contributed by atoms with Gasteiger partial charge in [0.25, 0.3) is 0 Å². The Morgan fingerprint density at radius 2 is 2.15 bits per heavy atom. The van der Waals surface area contributed by atoms with E-state index in [2.05, 4.69) is 0 Å². The molecule has 0 radical (unpaired) electrons. The molecule has 1 aromatic carbocycles. The summed E-state index contributed by atoms with van der Waals surface area (Å²) in [5.74, 6) is 0.621. The average Bonchev–Trinajstić information content (AvgIpc) is 2.08. The minimum Gasteiger partial charge on any atom is -0.489 e. The summed E-state index contributed by atoms with van der Waals surface area (Å²) in [6, 6.07) is 7.00. The number of hydrogen-bond donors (Lipinski definition) is 0. The van der Waals surface area contributed by atoms with Crippen molar-refractivity contribution in [1.82, 2.24) is 0 Å². The Morgan fingerprint density at radius 3 is 2.62 bits per heavy atom. The van der Waals surface area contributed by atoms with Gasteiger partial charge in [-0.2, -0.15) is 5.26 Å². The molecule has 0 saturated heterocycles. The summed E-state index contributed by atoms with van der Waals surface area (Å²) >= 11 is 5.88. The lowest BCUT2D eigenvalue weighted by Gasteiger charge is -2.10. The maximum atomic E-state index is 8.59. The summed E-state index contributed by atoms with van der Waals surface area (Å²) < 4.78 is 5.40.